The third kappa shape index (κ3) is 2.43. The average Bonchev–Trinajstić information content (AvgIpc) is 2.91. The second-order valence-corrected chi connectivity index (χ2v) is 4.40. The number of rotatable bonds is 4. The minimum Gasteiger partial charge on any atom is -0.497 e. The maximum atomic E-state index is 5.87. The number of benzene rings is 2. The summed E-state index contributed by atoms with van der Waals surface area (Å²) in [6.07, 6.45) is 0. The molecule has 2 aromatic carbocycles. The highest BCUT2D eigenvalue weighted by atomic mass is 16.5. The average molecular weight is 285 g/mol. The van der Waals surface area contributed by atoms with Gasteiger partial charge in [0.2, 0.25) is 0 Å². The van der Waals surface area contributed by atoms with Crippen LogP contribution in [0.4, 0.5) is 17.4 Å². The number of nitrogens with one attached hydrogen (secondary N) is 1. The molecule has 21 heavy (non-hydrogen) atoms. The van der Waals surface area contributed by atoms with E-state index in [0.717, 1.165) is 0 Å². The number of hydrogen-bond donors (Lipinski definition) is 2. The summed E-state index contributed by atoms with van der Waals surface area (Å²) < 4.78 is 16.1. The SMILES string of the molecule is COc1ccc(OC)c(Nc2nc3c(N)cccc3o2)c1. The number of ether oxygens (including phenoxy) is 2. The van der Waals surface area contributed by atoms with Crippen LogP contribution in [0.3, 0.4) is 0 Å². The van der Waals surface area contributed by atoms with Gasteiger partial charge in [-0.25, -0.2) is 0 Å². The van der Waals surface area contributed by atoms with E-state index in [9.17, 15) is 0 Å². The summed E-state index contributed by atoms with van der Waals surface area (Å²) >= 11 is 0. The van der Waals surface area contributed by atoms with E-state index in [4.69, 9.17) is 19.6 Å². The summed E-state index contributed by atoms with van der Waals surface area (Å²) in [6, 6.07) is 11.2. The fourth-order valence-electron chi connectivity index (χ4n) is 2.05. The number of aromatic nitrogens is 1. The molecule has 0 unspecified atom stereocenters. The number of nitrogens with two attached hydrogens (primary N) is 1. The van der Waals surface area contributed by atoms with Gasteiger partial charge >= 0.3 is 0 Å². The van der Waals surface area contributed by atoms with Gasteiger partial charge in [0, 0.05) is 6.07 Å². The zero-order valence-electron chi connectivity index (χ0n) is 11.7. The van der Waals surface area contributed by atoms with E-state index in [1.54, 1.807) is 32.4 Å². The predicted octanol–water partition coefficient (Wildman–Crippen LogP) is 3.17. The number of anilines is 3. The first-order valence-electron chi connectivity index (χ1n) is 6.35. The van der Waals surface area contributed by atoms with Gasteiger partial charge in [-0.3, -0.25) is 0 Å². The van der Waals surface area contributed by atoms with E-state index < -0.39 is 0 Å². The monoisotopic (exact) mass is 285 g/mol. The van der Waals surface area contributed by atoms with Gasteiger partial charge in [0.1, 0.15) is 17.0 Å². The third-order valence-electron chi connectivity index (χ3n) is 3.10. The Balaban J connectivity index is 1.99. The first-order chi connectivity index (χ1) is 10.2. The van der Waals surface area contributed by atoms with Gasteiger partial charge in [0.25, 0.3) is 6.01 Å². The first-order valence-corrected chi connectivity index (χ1v) is 6.35. The molecule has 0 spiro atoms. The fraction of sp³-hybridized carbons (Fsp3) is 0.133. The lowest BCUT2D eigenvalue weighted by Gasteiger charge is -2.10. The number of hydrogen-bond acceptors (Lipinski definition) is 6. The van der Waals surface area contributed by atoms with Gasteiger partial charge in [0.05, 0.1) is 25.6 Å². The maximum Gasteiger partial charge on any atom is 0.300 e. The van der Waals surface area contributed by atoms with Gasteiger partial charge in [-0.2, -0.15) is 4.98 Å². The topological polar surface area (TPSA) is 82.5 Å². The van der Waals surface area contributed by atoms with Gasteiger partial charge in [-0.1, -0.05) is 6.07 Å². The first kappa shape index (κ1) is 13.1. The van der Waals surface area contributed by atoms with Crippen molar-refractivity contribution >= 4 is 28.5 Å². The zero-order valence-corrected chi connectivity index (χ0v) is 11.7. The molecule has 108 valence electrons. The number of para-hydroxylation sites is 1. The van der Waals surface area contributed by atoms with Crippen LogP contribution in [0.25, 0.3) is 11.1 Å². The Kier molecular flexibility index (Phi) is 3.27. The van der Waals surface area contributed by atoms with Gasteiger partial charge < -0.3 is 24.9 Å². The summed E-state index contributed by atoms with van der Waals surface area (Å²) in [4.78, 5) is 4.34. The molecule has 6 heteroatoms. The molecule has 0 fully saturated rings. The van der Waals surface area contributed by atoms with Crippen LogP contribution in [0.2, 0.25) is 0 Å². The Morgan fingerprint density at radius 3 is 2.71 bits per heavy atom. The Bertz CT molecular complexity index is 783. The molecule has 0 aliphatic carbocycles. The second kappa shape index (κ2) is 5.24. The number of nitrogen functional groups attached to an aromatic ring is 1. The molecule has 0 aliphatic heterocycles. The smallest absolute Gasteiger partial charge is 0.300 e. The van der Waals surface area contributed by atoms with E-state index in [2.05, 4.69) is 10.3 Å². The van der Waals surface area contributed by atoms with Crippen molar-refractivity contribution in [2.45, 2.75) is 0 Å². The molecule has 0 bridgehead atoms. The maximum absolute atomic E-state index is 5.87. The molecule has 3 N–H and O–H groups in total. The molecule has 1 aromatic heterocycles. The van der Waals surface area contributed by atoms with Crippen molar-refractivity contribution in [2.24, 2.45) is 0 Å². The highest BCUT2D eigenvalue weighted by Gasteiger charge is 2.11. The Labute approximate surface area is 121 Å². The van der Waals surface area contributed by atoms with Crippen LogP contribution in [0.5, 0.6) is 11.5 Å². The van der Waals surface area contributed by atoms with E-state index in [-0.39, 0.29) is 0 Å². The minimum atomic E-state index is 0.342. The Morgan fingerprint density at radius 1 is 1.14 bits per heavy atom. The Hall–Kier alpha value is -2.89. The lowest BCUT2D eigenvalue weighted by Crippen LogP contribution is -1.96. The number of nitrogens with zero attached hydrogens (tertiary/aromatic N) is 1. The lowest BCUT2D eigenvalue weighted by atomic mass is 10.2. The van der Waals surface area contributed by atoms with Gasteiger partial charge in [0.15, 0.2) is 5.58 Å². The van der Waals surface area contributed by atoms with E-state index in [1.807, 2.05) is 18.2 Å². The van der Waals surface area contributed by atoms with Crippen LogP contribution in [0.1, 0.15) is 0 Å². The minimum absolute atomic E-state index is 0.342. The van der Waals surface area contributed by atoms with E-state index in [0.29, 0.717) is 40.0 Å². The summed E-state index contributed by atoms with van der Waals surface area (Å²) in [6.45, 7) is 0. The van der Waals surface area contributed by atoms with Crippen molar-refractivity contribution < 1.29 is 13.9 Å². The molecular formula is C15H15N3O3. The van der Waals surface area contributed by atoms with Crippen molar-refractivity contribution in [3.8, 4) is 11.5 Å². The van der Waals surface area contributed by atoms with Crippen molar-refractivity contribution in [2.75, 3.05) is 25.3 Å². The second-order valence-electron chi connectivity index (χ2n) is 4.40. The van der Waals surface area contributed by atoms with Gasteiger partial charge in [-0.05, 0) is 24.3 Å². The van der Waals surface area contributed by atoms with Crippen molar-refractivity contribution in [1.29, 1.82) is 0 Å². The van der Waals surface area contributed by atoms with Crippen molar-refractivity contribution in [1.82, 2.24) is 4.98 Å². The number of fused-ring (bicyclic) bond motifs is 1. The summed E-state index contributed by atoms with van der Waals surface area (Å²) in [5, 5.41) is 3.08. The molecule has 3 aromatic rings. The molecule has 0 saturated carbocycles. The third-order valence-corrected chi connectivity index (χ3v) is 3.10. The lowest BCUT2D eigenvalue weighted by molar-refractivity contribution is 0.404. The molecular weight excluding hydrogens is 270 g/mol. The summed E-state index contributed by atoms with van der Waals surface area (Å²) in [7, 11) is 3.20. The highest BCUT2D eigenvalue weighted by molar-refractivity contribution is 5.86. The molecule has 0 aliphatic rings. The van der Waals surface area contributed by atoms with Gasteiger partial charge in [-0.15, -0.1) is 0 Å². The Morgan fingerprint density at radius 2 is 2.00 bits per heavy atom. The van der Waals surface area contributed by atoms with E-state index >= 15 is 0 Å². The van der Waals surface area contributed by atoms with Crippen LogP contribution in [-0.4, -0.2) is 19.2 Å². The van der Waals surface area contributed by atoms with Crippen molar-refractivity contribution in [3.05, 3.63) is 36.4 Å². The quantitative estimate of drug-likeness (QED) is 0.716. The van der Waals surface area contributed by atoms with E-state index in [1.165, 1.54) is 0 Å². The fourth-order valence-corrected chi connectivity index (χ4v) is 2.05. The molecule has 6 nitrogen and oxygen atoms in total. The summed E-state index contributed by atoms with van der Waals surface area (Å²) in [5.74, 6) is 1.36. The number of methoxy groups -OCH3 is 2. The molecule has 0 amide bonds. The highest BCUT2D eigenvalue weighted by Crippen LogP contribution is 2.32. The van der Waals surface area contributed by atoms with Crippen LogP contribution >= 0.6 is 0 Å². The number of oxazole rings is 1. The molecule has 3 rings (SSSR count). The van der Waals surface area contributed by atoms with Crippen molar-refractivity contribution in [3.63, 3.8) is 0 Å². The van der Waals surface area contributed by atoms with Crippen LogP contribution < -0.4 is 20.5 Å². The normalized spacial score (nSPS) is 10.6. The largest absolute Gasteiger partial charge is 0.497 e. The standard InChI is InChI=1S/C15H15N3O3/c1-19-9-6-7-12(20-2)11(8-9)17-15-18-14-10(16)4-3-5-13(14)21-15/h3-8H,16H2,1-2H3,(H,17,18). The summed E-state index contributed by atoms with van der Waals surface area (Å²) in [5.41, 5.74) is 8.39. The zero-order chi connectivity index (χ0) is 14.8. The predicted molar refractivity (Wildman–Crippen MR) is 81.3 cm³/mol. The van der Waals surface area contributed by atoms with Crippen LogP contribution in [-0.2, 0) is 0 Å². The molecule has 0 atom stereocenters. The molecule has 0 radical (unpaired) electrons. The molecule has 0 saturated heterocycles. The van der Waals surface area contributed by atoms with Crippen LogP contribution in [0.15, 0.2) is 40.8 Å². The van der Waals surface area contributed by atoms with Crippen LogP contribution in [0, 0.1) is 0 Å². The molecule has 1 heterocycles.